The SMILES string of the molecule is Cc1ccc(C(CN)OCCCc2ccncc2)cc1. The summed E-state index contributed by atoms with van der Waals surface area (Å²) >= 11 is 0. The number of ether oxygens (including phenoxy) is 1. The summed E-state index contributed by atoms with van der Waals surface area (Å²) in [6.07, 6.45) is 5.64. The summed E-state index contributed by atoms with van der Waals surface area (Å²) in [5, 5.41) is 0. The summed E-state index contributed by atoms with van der Waals surface area (Å²) in [5.41, 5.74) is 9.50. The molecule has 2 aromatic rings. The van der Waals surface area contributed by atoms with Crippen molar-refractivity contribution >= 4 is 0 Å². The van der Waals surface area contributed by atoms with Crippen molar-refractivity contribution in [3.8, 4) is 0 Å². The molecule has 1 atom stereocenters. The first-order valence-corrected chi connectivity index (χ1v) is 7.06. The van der Waals surface area contributed by atoms with Crippen LogP contribution in [0.4, 0.5) is 0 Å². The zero-order valence-electron chi connectivity index (χ0n) is 12.0. The van der Waals surface area contributed by atoms with Crippen LogP contribution in [0.3, 0.4) is 0 Å². The van der Waals surface area contributed by atoms with E-state index >= 15 is 0 Å². The molecule has 0 saturated carbocycles. The second-order valence-corrected chi connectivity index (χ2v) is 4.96. The minimum atomic E-state index is -0.00644. The number of rotatable bonds is 7. The Morgan fingerprint density at radius 3 is 2.45 bits per heavy atom. The summed E-state index contributed by atoms with van der Waals surface area (Å²) < 4.78 is 5.90. The second kappa shape index (κ2) is 7.78. The molecule has 1 aromatic heterocycles. The van der Waals surface area contributed by atoms with Crippen molar-refractivity contribution in [1.29, 1.82) is 0 Å². The monoisotopic (exact) mass is 270 g/mol. The minimum Gasteiger partial charge on any atom is -0.372 e. The third-order valence-corrected chi connectivity index (χ3v) is 3.34. The van der Waals surface area contributed by atoms with E-state index < -0.39 is 0 Å². The lowest BCUT2D eigenvalue weighted by atomic mass is 10.1. The Kier molecular flexibility index (Phi) is 5.71. The molecule has 0 aliphatic rings. The van der Waals surface area contributed by atoms with Gasteiger partial charge in [0.1, 0.15) is 0 Å². The number of nitrogens with zero attached hydrogens (tertiary/aromatic N) is 1. The average molecular weight is 270 g/mol. The molecule has 0 amide bonds. The van der Waals surface area contributed by atoms with E-state index in [1.165, 1.54) is 11.1 Å². The lowest BCUT2D eigenvalue weighted by molar-refractivity contribution is 0.0571. The summed E-state index contributed by atoms with van der Waals surface area (Å²) in [6, 6.07) is 12.5. The predicted molar refractivity (Wildman–Crippen MR) is 81.5 cm³/mol. The highest BCUT2D eigenvalue weighted by Crippen LogP contribution is 2.17. The zero-order valence-corrected chi connectivity index (χ0v) is 12.0. The molecular weight excluding hydrogens is 248 g/mol. The first-order chi connectivity index (χ1) is 9.79. The summed E-state index contributed by atoms with van der Waals surface area (Å²) in [6.45, 7) is 3.31. The van der Waals surface area contributed by atoms with Gasteiger partial charge < -0.3 is 10.5 Å². The van der Waals surface area contributed by atoms with Gasteiger partial charge >= 0.3 is 0 Å². The fraction of sp³-hybridized carbons (Fsp3) is 0.353. The van der Waals surface area contributed by atoms with Crippen LogP contribution in [0.25, 0.3) is 0 Å². The van der Waals surface area contributed by atoms with E-state index in [1.54, 1.807) is 0 Å². The molecule has 0 aliphatic carbocycles. The van der Waals surface area contributed by atoms with Crippen molar-refractivity contribution in [3.05, 3.63) is 65.5 Å². The Morgan fingerprint density at radius 1 is 1.10 bits per heavy atom. The molecule has 0 radical (unpaired) electrons. The van der Waals surface area contributed by atoms with Gasteiger partial charge in [-0.1, -0.05) is 29.8 Å². The van der Waals surface area contributed by atoms with E-state index in [2.05, 4.69) is 36.2 Å². The van der Waals surface area contributed by atoms with Crippen LogP contribution >= 0.6 is 0 Å². The van der Waals surface area contributed by atoms with Crippen LogP contribution in [-0.4, -0.2) is 18.1 Å². The highest BCUT2D eigenvalue weighted by Gasteiger charge is 2.09. The predicted octanol–water partition coefficient (Wildman–Crippen LogP) is 3.04. The number of aromatic nitrogens is 1. The molecule has 1 unspecified atom stereocenters. The molecule has 3 nitrogen and oxygen atoms in total. The smallest absolute Gasteiger partial charge is 0.0947 e. The van der Waals surface area contributed by atoms with Gasteiger partial charge in [0.25, 0.3) is 0 Å². The number of nitrogens with two attached hydrogens (primary N) is 1. The molecule has 2 N–H and O–H groups in total. The van der Waals surface area contributed by atoms with Gasteiger partial charge in [-0.3, -0.25) is 4.98 Å². The first kappa shape index (κ1) is 14.7. The van der Waals surface area contributed by atoms with Crippen molar-refractivity contribution in [1.82, 2.24) is 4.98 Å². The van der Waals surface area contributed by atoms with Gasteiger partial charge in [0.05, 0.1) is 6.10 Å². The van der Waals surface area contributed by atoms with Gasteiger partial charge in [-0.05, 0) is 43.0 Å². The molecule has 1 aromatic carbocycles. The summed E-state index contributed by atoms with van der Waals surface area (Å²) in [7, 11) is 0. The van der Waals surface area contributed by atoms with Crippen LogP contribution in [0.15, 0.2) is 48.8 Å². The Morgan fingerprint density at radius 2 is 1.80 bits per heavy atom. The van der Waals surface area contributed by atoms with Gasteiger partial charge in [0.2, 0.25) is 0 Å². The summed E-state index contributed by atoms with van der Waals surface area (Å²) in [4.78, 5) is 4.01. The van der Waals surface area contributed by atoms with E-state index in [4.69, 9.17) is 10.5 Å². The van der Waals surface area contributed by atoms with Gasteiger partial charge in [-0.2, -0.15) is 0 Å². The van der Waals surface area contributed by atoms with Crippen LogP contribution in [0, 0.1) is 6.92 Å². The molecule has 20 heavy (non-hydrogen) atoms. The zero-order chi connectivity index (χ0) is 14.2. The topological polar surface area (TPSA) is 48.1 Å². The molecular formula is C17H22N2O. The molecule has 0 bridgehead atoms. The maximum absolute atomic E-state index is 5.90. The van der Waals surface area contributed by atoms with Gasteiger partial charge in [-0.25, -0.2) is 0 Å². The Bertz CT molecular complexity index is 496. The highest BCUT2D eigenvalue weighted by molar-refractivity contribution is 5.23. The quantitative estimate of drug-likeness (QED) is 0.787. The number of hydrogen-bond acceptors (Lipinski definition) is 3. The third kappa shape index (κ3) is 4.44. The van der Waals surface area contributed by atoms with E-state index in [-0.39, 0.29) is 6.10 Å². The second-order valence-electron chi connectivity index (χ2n) is 4.96. The Labute approximate surface area is 120 Å². The van der Waals surface area contributed by atoms with Crippen molar-refractivity contribution in [3.63, 3.8) is 0 Å². The number of benzene rings is 1. The van der Waals surface area contributed by atoms with Crippen LogP contribution < -0.4 is 5.73 Å². The van der Waals surface area contributed by atoms with Crippen molar-refractivity contribution in [2.45, 2.75) is 25.9 Å². The van der Waals surface area contributed by atoms with E-state index in [9.17, 15) is 0 Å². The minimum absolute atomic E-state index is 0.00644. The van der Waals surface area contributed by atoms with Crippen LogP contribution in [0.1, 0.15) is 29.2 Å². The maximum atomic E-state index is 5.90. The molecule has 3 heteroatoms. The highest BCUT2D eigenvalue weighted by atomic mass is 16.5. The van der Waals surface area contributed by atoms with Crippen molar-refractivity contribution in [2.75, 3.05) is 13.2 Å². The molecule has 0 aliphatic heterocycles. The summed E-state index contributed by atoms with van der Waals surface area (Å²) in [5.74, 6) is 0. The molecule has 0 saturated heterocycles. The lowest BCUT2D eigenvalue weighted by Crippen LogP contribution is -2.16. The largest absolute Gasteiger partial charge is 0.372 e. The van der Waals surface area contributed by atoms with Gasteiger partial charge in [0, 0.05) is 25.5 Å². The van der Waals surface area contributed by atoms with Crippen molar-refractivity contribution in [2.24, 2.45) is 5.73 Å². The fourth-order valence-electron chi connectivity index (χ4n) is 2.13. The molecule has 2 rings (SSSR count). The van der Waals surface area contributed by atoms with E-state index in [0.29, 0.717) is 6.54 Å². The number of aryl methyl sites for hydroxylation is 2. The van der Waals surface area contributed by atoms with Crippen LogP contribution in [-0.2, 0) is 11.2 Å². The standard InChI is InChI=1S/C17H22N2O/c1-14-4-6-16(7-5-14)17(13-18)20-12-2-3-15-8-10-19-11-9-15/h4-11,17H,2-3,12-13,18H2,1H3. The lowest BCUT2D eigenvalue weighted by Gasteiger charge is -2.16. The number of pyridine rings is 1. The van der Waals surface area contributed by atoms with Gasteiger partial charge in [0.15, 0.2) is 0 Å². The molecule has 1 heterocycles. The van der Waals surface area contributed by atoms with E-state index in [1.807, 2.05) is 24.5 Å². The molecule has 0 spiro atoms. The van der Waals surface area contributed by atoms with Crippen LogP contribution in [0.2, 0.25) is 0 Å². The normalized spacial score (nSPS) is 12.3. The molecule has 106 valence electrons. The van der Waals surface area contributed by atoms with Gasteiger partial charge in [-0.15, -0.1) is 0 Å². The van der Waals surface area contributed by atoms with Crippen LogP contribution in [0.5, 0.6) is 0 Å². The van der Waals surface area contributed by atoms with E-state index in [0.717, 1.165) is 25.0 Å². The maximum Gasteiger partial charge on any atom is 0.0947 e. The first-order valence-electron chi connectivity index (χ1n) is 7.06. The Balaban J connectivity index is 1.78. The average Bonchev–Trinajstić information content (AvgIpc) is 2.50. The molecule has 0 fully saturated rings. The number of hydrogen-bond donors (Lipinski definition) is 1. The third-order valence-electron chi connectivity index (χ3n) is 3.34. The fourth-order valence-corrected chi connectivity index (χ4v) is 2.13. The van der Waals surface area contributed by atoms with Crippen molar-refractivity contribution < 1.29 is 4.74 Å². The Hall–Kier alpha value is -1.71.